The number of ether oxygens (including phenoxy) is 3. The summed E-state index contributed by atoms with van der Waals surface area (Å²) in [6, 6.07) is 19.6. The largest absolute Gasteiger partial charge is 0.504 e. The molecule has 1 saturated heterocycles. The normalized spacial score (nSPS) is 27.5. The van der Waals surface area contributed by atoms with Gasteiger partial charge in [0.25, 0.3) is 0 Å². The van der Waals surface area contributed by atoms with Crippen LogP contribution in [0.5, 0.6) is 11.5 Å². The van der Waals surface area contributed by atoms with E-state index in [1.54, 1.807) is 6.07 Å². The fraction of sp³-hybridized carbons (Fsp3) is 0.510. The third kappa shape index (κ3) is 7.43. The fourth-order valence-electron chi connectivity index (χ4n) is 11.2. The summed E-state index contributed by atoms with van der Waals surface area (Å²) in [4.78, 5) is 0. The molecule has 0 radical (unpaired) electrons. The zero-order chi connectivity index (χ0) is 39.0. The van der Waals surface area contributed by atoms with Gasteiger partial charge < -0.3 is 40.0 Å². The van der Waals surface area contributed by atoms with Crippen LogP contribution < -0.4 is 15.8 Å². The van der Waals surface area contributed by atoms with E-state index in [1.807, 2.05) is 18.2 Å². The van der Waals surface area contributed by atoms with E-state index in [2.05, 4.69) is 71.7 Å². The molecule has 1 aromatic heterocycles. The molecule has 4 bridgehead atoms. The quantitative estimate of drug-likeness (QED) is 0.150. The van der Waals surface area contributed by atoms with Crippen LogP contribution in [-0.2, 0) is 34.3 Å². The Morgan fingerprint density at radius 3 is 2.68 bits per heavy atom. The number of nitrogens with one attached hydrogen (secondary N) is 1. The highest BCUT2D eigenvalue weighted by Gasteiger charge is 2.58. The number of nitrogens with zero attached hydrogens (tertiary/aromatic N) is 1. The van der Waals surface area contributed by atoms with E-state index in [9.17, 15) is 10.2 Å². The Labute approximate surface area is 338 Å². The fourth-order valence-corrected chi connectivity index (χ4v) is 11.2. The van der Waals surface area contributed by atoms with Gasteiger partial charge in [0.15, 0.2) is 11.5 Å². The first-order valence-corrected chi connectivity index (χ1v) is 21.9. The third-order valence-corrected chi connectivity index (χ3v) is 14.1. The number of dihydropyridines is 1. The van der Waals surface area contributed by atoms with E-state index in [0.29, 0.717) is 44.1 Å². The van der Waals surface area contributed by atoms with Crippen LogP contribution in [0.15, 0.2) is 84.7 Å². The summed E-state index contributed by atoms with van der Waals surface area (Å²) in [7, 11) is 0. The molecule has 2 aliphatic carbocycles. The Kier molecular flexibility index (Phi) is 11.0. The molecular weight excluding hydrogens is 711 g/mol. The molecule has 5 atom stereocenters. The molecule has 5 N–H and O–H groups in total. The highest BCUT2D eigenvalue weighted by molar-refractivity contribution is 5.88. The van der Waals surface area contributed by atoms with E-state index in [1.165, 1.54) is 36.0 Å². The van der Waals surface area contributed by atoms with Gasteiger partial charge in [-0.25, -0.2) is 0 Å². The molecule has 4 heterocycles. The van der Waals surface area contributed by atoms with Gasteiger partial charge in [0.1, 0.15) is 12.4 Å². The molecule has 0 amide bonds. The van der Waals surface area contributed by atoms with Gasteiger partial charge in [-0.05, 0) is 110 Å². The molecule has 9 rings (SSSR count). The number of benzene rings is 3. The average Bonchev–Trinajstić information content (AvgIpc) is 3.67. The standard InChI is InChI=1S/C49H61N3O5/c1-2-3-5-11-40-28-39(53)17-13-33-14-18-43(54)44(25-33)56-32-37-27-38(26-36-29-52(30-41(36)37)47-35(31-55-40)16-20-46(50)51-47)49-23-24-57-48(21-8-4-9-22-48)45(49)19-15-34-10-6-7-12-42(34)49/h6-7,10,12,14,16,18,20,25-27,29-30,39-40,45-46,51,53-54H,2-5,8-9,11,13,15,17,19,21-24,28,31-32,50H2,1H3. The summed E-state index contributed by atoms with van der Waals surface area (Å²) >= 11 is 0. The molecule has 8 nitrogen and oxygen atoms in total. The van der Waals surface area contributed by atoms with E-state index < -0.39 is 6.10 Å². The lowest BCUT2D eigenvalue weighted by Gasteiger charge is -2.59. The van der Waals surface area contributed by atoms with Crippen molar-refractivity contribution < 1.29 is 24.4 Å². The number of phenols is 1. The number of phenolic OH excluding ortho intramolecular Hbond substituents is 1. The lowest BCUT2D eigenvalue weighted by Crippen LogP contribution is -2.59. The molecule has 302 valence electrons. The van der Waals surface area contributed by atoms with Crippen molar-refractivity contribution in [2.24, 2.45) is 11.7 Å². The number of nitrogens with two attached hydrogens (primary N) is 1. The summed E-state index contributed by atoms with van der Waals surface area (Å²) in [5, 5.41) is 28.2. The zero-order valence-corrected chi connectivity index (χ0v) is 33.7. The number of aromatic hydroxyl groups is 1. The van der Waals surface area contributed by atoms with E-state index in [0.717, 1.165) is 97.7 Å². The lowest BCUT2D eigenvalue weighted by atomic mass is 9.51. The Hall–Kier alpha value is -4.08. The monoisotopic (exact) mass is 771 g/mol. The minimum atomic E-state index is -0.510. The van der Waals surface area contributed by atoms with E-state index >= 15 is 0 Å². The predicted molar refractivity (Wildman–Crippen MR) is 226 cm³/mol. The SMILES string of the molecule is CCCCCC1CC(O)CCc2ccc(O)c(c2)OCc2cc(C34CCOC5(CCCCC5)C3CCc3ccccc34)cc3cn(cc23)C2=C(C=CC(N)N2)CO1. The maximum absolute atomic E-state index is 11.3. The van der Waals surface area contributed by atoms with Crippen molar-refractivity contribution in [3.63, 3.8) is 0 Å². The molecule has 2 fully saturated rings. The molecule has 57 heavy (non-hydrogen) atoms. The van der Waals surface area contributed by atoms with Gasteiger partial charge in [0.2, 0.25) is 0 Å². The number of aryl methyl sites for hydroxylation is 2. The minimum absolute atomic E-state index is 0.0719. The van der Waals surface area contributed by atoms with Crippen LogP contribution in [0.25, 0.3) is 16.6 Å². The summed E-state index contributed by atoms with van der Waals surface area (Å²) in [5.74, 6) is 1.85. The van der Waals surface area contributed by atoms with Gasteiger partial charge in [-0.3, -0.25) is 0 Å². The van der Waals surface area contributed by atoms with Crippen molar-refractivity contribution in [3.05, 3.63) is 113 Å². The number of hydrogen-bond acceptors (Lipinski definition) is 7. The molecule has 8 heteroatoms. The van der Waals surface area contributed by atoms with Crippen LogP contribution in [-0.4, -0.2) is 52.0 Å². The lowest BCUT2D eigenvalue weighted by molar-refractivity contribution is -0.166. The van der Waals surface area contributed by atoms with Gasteiger partial charge in [0.05, 0.1) is 30.6 Å². The zero-order valence-electron chi connectivity index (χ0n) is 33.7. The Morgan fingerprint density at radius 1 is 0.930 bits per heavy atom. The maximum atomic E-state index is 11.3. The second kappa shape index (κ2) is 16.3. The second-order valence-corrected chi connectivity index (χ2v) is 17.6. The number of rotatable bonds is 5. The van der Waals surface area contributed by atoms with Crippen molar-refractivity contribution in [1.82, 2.24) is 9.88 Å². The molecule has 3 aliphatic heterocycles. The smallest absolute Gasteiger partial charge is 0.161 e. The van der Waals surface area contributed by atoms with Crippen LogP contribution in [0.2, 0.25) is 0 Å². The number of aliphatic hydroxyl groups is 1. The third-order valence-electron chi connectivity index (χ3n) is 14.1. The maximum Gasteiger partial charge on any atom is 0.161 e. The molecule has 5 aliphatic rings. The minimum Gasteiger partial charge on any atom is -0.504 e. The van der Waals surface area contributed by atoms with Crippen molar-refractivity contribution >= 4 is 16.6 Å². The second-order valence-electron chi connectivity index (χ2n) is 17.6. The van der Waals surface area contributed by atoms with Crippen LogP contribution in [0.1, 0.15) is 118 Å². The number of hydrogen-bond donors (Lipinski definition) is 4. The van der Waals surface area contributed by atoms with Crippen LogP contribution in [0.3, 0.4) is 0 Å². The van der Waals surface area contributed by atoms with Gasteiger partial charge >= 0.3 is 0 Å². The van der Waals surface area contributed by atoms with E-state index in [-0.39, 0.29) is 29.0 Å². The van der Waals surface area contributed by atoms with Gasteiger partial charge in [-0.15, -0.1) is 0 Å². The predicted octanol–water partition coefficient (Wildman–Crippen LogP) is 9.17. The summed E-state index contributed by atoms with van der Waals surface area (Å²) in [6.45, 7) is 3.66. The van der Waals surface area contributed by atoms with Crippen molar-refractivity contribution in [3.8, 4) is 11.5 Å². The van der Waals surface area contributed by atoms with Crippen molar-refractivity contribution in [1.29, 1.82) is 0 Å². The molecule has 4 aromatic rings. The molecule has 3 aromatic carbocycles. The Bertz CT molecular complexity index is 2120. The Morgan fingerprint density at radius 2 is 1.81 bits per heavy atom. The summed E-state index contributed by atoms with van der Waals surface area (Å²) < 4.78 is 22.5. The van der Waals surface area contributed by atoms with Crippen molar-refractivity contribution in [2.45, 2.75) is 139 Å². The topological polar surface area (TPSA) is 111 Å². The Balaban J connectivity index is 1.20. The summed E-state index contributed by atoms with van der Waals surface area (Å²) in [6.07, 6.45) is 22.8. The van der Waals surface area contributed by atoms with Gasteiger partial charge in [-0.2, -0.15) is 0 Å². The summed E-state index contributed by atoms with van der Waals surface area (Å²) in [5.41, 5.74) is 13.6. The number of unbranched alkanes of at least 4 members (excludes halogenated alkanes) is 2. The van der Waals surface area contributed by atoms with Gasteiger partial charge in [0, 0.05) is 46.7 Å². The number of fused-ring (bicyclic) bond motifs is 8. The first kappa shape index (κ1) is 38.4. The molecule has 5 unspecified atom stereocenters. The highest BCUT2D eigenvalue weighted by Crippen LogP contribution is 2.59. The number of aliphatic hydroxyl groups excluding tert-OH is 1. The molecule has 1 spiro atoms. The first-order valence-electron chi connectivity index (χ1n) is 21.9. The highest BCUT2D eigenvalue weighted by atomic mass is 16.5. The van der Waals surface area contributed by atoms with E-state index in [4.69, 9.17) is 19.9 Å². The molecule has 1 saturated carbocycles. The van der Waals surface area contributed by atoms with Crippen LogP contribution in [0.4, 0.5) is 0 Å². The van der Waals surface area contributed by atoms with Crippen LogP contribution >= 0.6 is 0 Å². The number of aromatic nitrogens is 1. The first-order chi connectivity index (χ1) is 27.8. The average molecular weight is 772 g/mol. The van der Waals surface area contributed by atoms with Crippen LogP contribution in [0, 0.1) is 5.92 Å². The molecular formula is C49H61N3O5. The van der Waals surface area contributed by atoms with Gasteiger partial charge in [-0.1, -0.05) is 87.9 Å². The van der Waals surface area contributed by atoms with Crippen molar-refractivity contribution in [2.75, 3.05) is 13.2 Å².